The van der Waals surface area contributed by atoms with Crippen LogP contribution in [0.25, 0.3) is 0 Å². The molecule has 4 heteroatoms. The van der Waals surface area contributed by atoms with E-state index in [0.29, 0.717) is 17.7 Å². The van der Waals surface area contributed by atoms with Crippen LogP contribution < -0.4 is 5.73 Å². The molecule has 2 aliphatic rings. The number of rotatable bonds is 6. The Morgan fingerprint density at radius 1 is 1.10 bits per heavy atom. The van der Waals surface area contributed by atoms with Gasteiger partial charge in [0.1, 0.15) is 0 Å². The Hall–Kier alpha value is -0.610. The molecule has 20 heavy (non-hydrogen) atoms. The molecule has 2 atom stereocenters. The van der Waals surface area contributed by atoms with Crippen molar-refractivity contribution in [3.8, 4) is 0 Å². The highest BCUT2D eigenvalue weighted by Gasteiger charge is 2.33. The van der Waals surface area contributed by atoms with Crippen LogP contribution in [0.3, 0.4) is 0 Å². The molecule has 4 nitrogen and oxygen atoms in total. The summed E-state index contributed by atoms with van der Waals surface area (Å²) in [7, 11) is 0. The van der Waals surface area contributed by atoms with Gasteiger partial charge in [-0.3, -0.25) is 9.69 Å². The maximum atomic E-state index is 12.5. The van der Waals surface area contributed by atoms with E-state index in [2.05, 4.69) is 16.7 Å². The van der Waals surface area contributed by atoms with E-state index in [1.54, 1.807) is 0 Å². The molecule has 1 saturated heterocycles. The van der Waals surface area contributed by atoms with E-state index in [0.717, 1.165) is 45.6 Å². The second kappa shape index (κ2) is 7.99. The highest BCUT2D eigenvalue weighted by molar-refractivity contribution is 5.79. The van der Waals surface area contributed by atoms with Gasteiger partial charge in [-0.1, -0.05) is 19.8 Å². The van der Waals surface area contributed by atoms with Gasteiger partial charge >= 0.3 is 0 Å². The van der Waals surface area contributed by atoms with Crippen molar-refractivity contribution >= 4 is 5.91 Å². The summed E-state index contributed by atoms with van der Waals surface area (Å²) in [4.78, 5) is 17.1. The number of piperazine rings is 1. The Morgan fingerprint density at radius 3 is 2.45 bits per heavy atom. The lowest BCUT2D eigenvalue weighted by atomic mass is 9.96. The molecule has 1 amide bonds. The van der Waals surface area contributed by atoms with Gasteiger partial charge in [0.05, 0.1) is 0 Å². The number of carbonyl (C=O) groups excluding carboxylic acids is 1. The quantitative estimate of drug-likeness (QED) is 0.754. The van der Waals surface area contributed by atoms with Crippen molar-refractivity contribution in [1.29, 1.82) is 0 Å². The molecule has 1 aliphatic carbocycles. The summed E-state index contributed by atoms with van der Waals surface area (Å²) in [5, 5.41) is 0. The Morgan fingerprint density at radius 2 is 1.85 bits per heavy atom. The van der Waals surface area contributed by atoms with E-state index >= 15 is 0 Å². The van der Waals surface area contributed by atoms with Crippen LogP contribution in [-0.4, -0.2) is 55.0 Å². The fourth-order valence-corrected chi connectivity index (χ4v) is 3.60. The van der Waals surface area contributed by atoms with Crippen LogP contribution in [0.2, 0.25) is 0 Å². The fourth-order valence-electron chi connectivity index (χ4n) is 3.60. The minimum Gasteiger partial charge on any atom is -0.340 e. The summed E-state index contributed by atoms with van der Waals surface area (Å²) in [5.41, 5.74) is 5.51. The average Bonchev–Trinajstić information content (AvgIpc) is 2.90. The van der Waals surface area contributed by atoms with Crippen molar-refractivity contribution in [3.63, 3.8) is 0 Å². The molecule has 2 rings (SSSR count). The third-order valence-electron chi connectivity index (χ3n) is 5.04. The van der Waals surface area contributed by atoms with E-state index in [4.69, 9.17) is 5.73 Å². The molecule has 1 aliphatic heterocycles. The molecule has 0 spiro atoms. The molecule has 116 valence electrons. The SMILES string of the molecule is CC1CCCC1C(=O)N1CCN(CCCCCN)CC1. The maximum absolute atomic E-state index is 12.5. The lowest BCUT2D eigenvalue weighted by molar-refractivity contribution is -0.138. The molecule has 1 heterocycles. The summed E-state index contributed by atoms with van der Waals surface area (Å²) in [6.45, 7) is 8.18. The van der Waals surface area contributed by atoms with E-state index in [-0.39, 0.29) is 0 Å². The summed E-state index contributed by atoms with van der Waals surface area (Å²) >= 11 is 0. The molecule has 0 aromatic rings. The van der Waals surface area contributed by atoms with Crippen LogP contribution in [0.4, 0.5) is 0 Å². The second-order valence-electron chi connectivity index (χ2n) is 6.53. The fraction of sp³-hybridized carbons (Fsp3) is 0.938. The zero-order chi connectivity index (χ0) is 14.4. The number of nitrogens with zero attached hydrogens (tertiary/aromatic N) is 2. The number of hydrogen-bond donors (Lipinski definition) is 1. The predicted octanol–water partition coefficient (Wildman–Crippen LogP) is 1.70. The van der Waals surface area contributed by atoms with Gasteiger partial charge in [-0.2, -0.15) is 0 Å². The predicted molar refractivity (Wildman–Crippen MR) is 82.4 cm³/mol. The second-order valence-corrected chi connectivity index (χ2v) is 6.53. The largest absolute Gasteiger partial charge is 0.340 e. The van der Waals surface area contributed by atoms with E-state index in [1.165, 1.54) is 32.2 Å². The van der Waals surface area contributed by atoms with Crippen LogP contribution in [-0.2, 0) is 4.79 Å². The number of carbonyl (C=O) groups is 1. The van der Waals surface area contributed by atoms with Crippen LogP contribution in [0, 0.1) is 11.8 Å². The maximum Gasteiger partial charge on any atom is 0.226 e. The standard InChI is InChI=1S/C16H31N3O/c1-14-6-5-7-15(14)16(20)19-12-10-18(11-13-19)9-4-2-3-8-17/h14-15H,2-13,17H2,1H3. The van der Waals surface area contributed by atoms with E-state index in [9.17, 15) is 4.79 Å². The molecule has 1 saturated carbocycles. The number of amides is 1. The van der Waals surface area contributed by atoms with Crippen LogP contribution in [0.5, 0.6) is 0 Å². The summed E-state index contributed by atoms with van der Waals surface area (Å²) in [6.07, 6.45) is 7.19. The third-order valence-corrected chi connectivity index (χ3v) is 5.04. The van der Waals surface area contributed by atoms with E-state index in [1.807, 2.05) is 0 Å². The molecule has 2 unspecified atom stereocenters. The van der Waals surface area contributed by atoms with Crippen molar-refractivity contribution < 1.29 is 4.79 Å². The topological polar surface area (TPSA) is 49.6 Å². The van der Waals surface area contributed by atoms with Crippen molar-refractivity contribution in [1.82, 2.24) is 9.80 Å². The Labute approximate surface area is 123 Å². The van der Waals surface area contributed by atoms with Crippen LogP contribution >= 0.6 is 0 Å². The Balaban J connectivity index is 1.67. The first-order chi connectivity index (χ1) is 9.72. The van der Waals surface area contributed by atoms with Gasteiger partial charge in [0.15, 0.2) is 0 Å². The molecule has 0 aromatic heterocycles. The zero-order valence-electron chi connectivity index (χ0n) is 13.0. The minimum absolute atomic E-state index is 0.311. The molecule has 0 bridgehead atoms. The highest BCUT2D eigenvalue weighted by Crippen LogP contribution is 2.32. The van der Waals surface area contributed by atoms with Gasteiger partial charge in [-0.15, -0.1) is 0 Å². The van der Waals surface area contributed by atoms with Gasteiger partial charge in [-0.25, -0.2) is 0 Å². The molecular weight excluding hydrogens is 250 g/mol. The van der Waals surface area contributed by atoms with Crippen LogP contribution in [0.15, 0.2) is 0 Å². The Bertz CT molecular complexity index is 300. The number of unbranched alkanes of at least 4 members (excludes halogenated alkanes) is 2. The highest BCUT2D eigenvalue weighted by atomic mass is 16.2. The lowest BCUT2D eigenvalue weighted by Crippen LogP contribution is -2.50. The monoisotopic (exact) mass is 281 g/mol. The first kappa shape index (κ1) is 15.8. The molecule has 2 N–H and O–H groups in total. The van der Waals surface area contributed by atoms with E-state index < -0.39 is 0 Å². The summed E-state index contributed by atoms with van der Waals surface area (Å²) < 4.78 is 0. The van der Waals surface area contributed by atoms with Gasteiger partial charge in [0.25, 0.3) is 0 Å². The lowest BCUT2D eigenvalue weighted by Gasteiger charge is -2.36. The van der Waals surface area contributed by atoms with Crippen molar-refractivity contribution in [3.05, 3.63) is 0 Å². The van der Waals surface area contributed by atoms with Gasteiger partial charge < -0.3 is 10.6 Å². The normalized spacial score (nSPS) is 28.0. The summed E-state index contributed by atoms with van der Waals surface area (Å²) in [6, 6.07) is 0. The van der Waals surface area contributed by atoms with Crippen molar-refractivity contribution in [2.24, 2.45) is 17.6 Å². The van der Waals surface area contributed by atoms with Crippen LogP contribution in [0.1, 0.15) is 45.4 Å². The summed E-state index contributed by atoms with van der Waals surface area (Å²) in [5.74, 6) is 1.33. The molecule has 0 aromatic carbocycles. The van der Waals surface area contributed by atoms with Gasteiger partial charge in [-0.05, 0) is 44.7 Å². The molecule has 0 radical (unpaired) electrons. The Kier molecular flexibility index (Phi) is 6.30. The van der Waals surface area contributed by atoms with Crippen molar-refractivity contribution in [2.75, 3.05) is 39.3 Å². The molecular formula is C16H31N3O. The number of hydrogen-bond acceptors (Lipinski definition) is 3. The minimum atomic E-state index is 0.311. The van der Waals surface area contributed by atoms with Gasteiger partial charge in [0, 0.05) is 32.1 Å². The average molecular weight is 281 g/mol. The van der Waals surface area contributed by atoms with Gasteiger partial charge in [0.2, 0.25) is 5.91 Å². The zero-order valence-corrected chi connectivity index (χ0v) is 13.0. The number of nitrogens with two attached hydrogens (primary N) is 1. The molecule has 2 fully saturated rings. The first-order valence-corrected chi connectivity index (χ1v) is 8.43. The third kappa shape index (κ3) is 4.19. The first-order valence-electron chi connectivity index (χ1n) is 8.43. The van der Waals surface area contributed by atoms with Crippen molar-refractivity contribution in [2.45, 2.75) is 45.4 Å². The smallest absolute Gasteiger partial charge is 0.226 e.